The zero-order chi connectivity index (χ0) is 22.7. The number of nitrogens with zero attached hydrogens (tertiary/aromatic N) is 2. The number of carbonyl (C=O) groups excluding carboxylic acids is 1. The van der Waals surface area contributed by atoms with Gasteiger partial charge >= 0.3 is 0 Å². The number of benzene rings is 2. The Morgan fingerprint density at radius 2 is 1.91 bits per heavy atom. The molecule has 1 N–H and O–H groups in total. The van der Waals surface area contributed by atoms with Crippen molar-refractivity contribution in [3.8, 4) is 5.75 Å². The lowest BCUT2D eigenvalue weighted by Crippen LogP contribution is -2.12. The molecule has 0 aliphatic rings. The maximum absolute atomic E-state index is 12.5. The van der Waals surface area contributed by atoms with Crippen molar-refractivity contribution < 1.29 is 13.9 Å². The molecule has 1 amide bonds. The zero-order valence-electron chi connectivity index (χ0n) is 16.9. The molecule has 0 spiro atoms. The first-order valence-electron chi connectivity index (χ1n) is 9.64. The van der Waals surface area contributed by atoms with Crippen molar-refractivity contribution in [2.24, 2.45) is 0 Å². The number of aromatic nitrogens is 2. The van der Waals surface area contributed by atoms with Gasteiger partial charge in [-0.2, -0.15) is 5.10 Å². The number of hydrogen-bond acceptors (Lipinski definition) is 4. The van der Waals surface area contributed by atoms with Crippen molar-refractivity contribution in [1.82, 2.24) is 9.78 Å². The van der Waals surface area contributed by atoms with Gasteiger partial charge in [0.2, 0.25) is 0 Å². The molecule has 0 saturated heterocycles. The van der Waals surface area contributed by atoms with Gasteiger partial charge < -0.3 is 14.5 Å². The topological polar surface area (TPSA) is 69.3 Å². The molecule has 0 unspecified atom stereocenters. The highest BCUT2D eigenvalue weighted by Crippen LogP contribution is 2.24. The second-order valence-corrected chi connectivity index (χ2v) is 8.32. The minimum absolute atomic E-state index is 0.162. The molecule has 4 aromatic rings. The molecule has 32 heavy (non-hydrogen) atoms. The van der Waals surface area contributed by atoms with Gasteiger partial charge in [0.05, 0.1) is 16.6 Å². The van der Waals surface area contributed by atoms with E-state index in [4.69, 9.17) is 44.0 Å². The van der Waals surface area contributed by atoms with E-state index in [1.54, 1.807) is 53.3 Å². The summed E-state index contributed by atoms with van der Waals surface area (Å²) < 4.78 is 13.0. The smallest absolute Gasteiger partial charge is 0.292 e. The molecule has 0 saturated carbocycles. The molecule has 2 aromatic heterocycles. The molecule has 0 aliphatic heterocycles. The molecule has 9 heteroatoms. The summed E-state index contributed by atoms with van der Waals surface area (Å²) in [5, 5.41) is 8.69. The second-order valence-electron chi connectivity index (χ2n) is 7.07. The molecule has 0 atom stereocenters. The summed E-state index contributed by atoms with van der Waals surface area (Å²) in [5.74, 6) is 1.38. The SMILES string of the molecule is Cc1cc(Cl)ccc1OCc1ccc(C(=O)Nc2ccn(Cc3ccc(Cl)c(Cl)c3)n2)o1. The molecule has 2 aromatic carbocycles. The van der Waals surface area contributed by atoms with Crippen LogP contribution in [0.25, 0.3) is 0 Å². The summed E-state index contributed by atoms with van der Waals surface area (Å²) in [6, 6.07) is 15.7. The van der Waals surface area contributed by atoms with E-state index >= 15 is 0 Å². The molecule has 0 radical (unpaired) electrons. The third-order valence-corrected chi connectivity index (χ3v) is 5.58. The average Bonchev–Trinajstić information content (AvgIpc) is 3.40. The second kappa shape index (κ2) is 9.69. The first kappa shape index (κ1) is 22.3. The predicted octanol–water partition coefficient (Wildman–Crippen LogP) is 6.62. The molecular formula is C23H18Cl3N3O3. The number of aryl methyl sites for hydroxylation is 1. The van der Waals surface area contributed by atoms with Crippen molar-refractivity contribution in [2.45, 2.75) is 20.1 Å². The number of rotatable bonds is 7. The number of carbonyl (C=O) groups is 1. The van der Waals surface area contributed by atoms with Gasteiger partial charge in [0.1, 0.15) is 18.1 Å². The van der Waals surface area contributed by atoms with E-state index in [2.05, 4.69) is 10.4 Å². The normalized spacial score (nSPS) is 10.9. The maximum atomic E-state index is 12.5. The summed E-state index contributed by atoms with van der Waals surface area (Å²) in [7, 11) is 0. The van der Waals surface area contributed by atoms with E-state index in [1.807, 2.05) is 19.1 Å². The van der Waals surface area contributed by atoms with Crippen LogP contribution in [-0.4, -0.2) is 15.7 Å². The molecule has 6 nitrogen and oxygen atoms in total. The Kier molecular flexibility index (Phi) is 6.74. The van der Waals surface area contributed by atoms with Gasteiger partial charge in [0.15, 0.2) is 11.6 Å². The number of anilines is 1. The van der Waals surface area contributed by atoms with Gasteiger partial charge in [-0.15, -0.1) is 0 Å². The first-order chi connectivity index (χ1) is 15.4. The van der Waals surface area contributed by atoms with Gasteiger partial charge in [0.25, 0.3) is 5.91 Å². The van der Waals surface area contributed by atoms with E-state index in [1.165, 1.54) is 0 Å². The van der Waals surface area contributed by atoms with Gasteiger partial charge in [-0.25, -0.2) is 0 Å². The Labute approximate surface area is 199 Å². The third kappa shape index (κ3) is 5.46. The summed E-state index contributed by atoms with van der Waals surface area (Å²) in [6.07, 6.45) is 1.76. The Balaban J connectivity index is 1.34. The van der Waals surface area contributed by atoms with Crippen LogP contribution in [0.4, 0.5) is 5.82 Å². The van der Waals surface area contributed by atoms with Gasteiger partial charge in [-0.3, -0.25) is 9.48 Å². The quantitative estimate of drug-likeness (QED) is 0.316. The zero-order valence-corrected chi connectivity index (χ0v) is 19.2. The predicted molar refractivity (Wildman–Crippen MR) is 125 cm³/mol. The lowest BCUT2D eigenvalue weighted by Gasteiger charge is -2.07. The number of amides is 1. The molecule has 2 heterocycles. The van der Waals surface area contributed by atoms with E-state index in [-0.39, 0.29) is 12.4 Å². The fourth-order valence-electron chi connectivity index (χ4n) is 3.02. The van der Waals surface area contributed by atoms with Crippen LogP contribution < -0.4 is 10.1 Å². The van der Waals surface area contributed by atoms with Crippen LogP contribution in [0.15, 0.2) is 65.2 Å². The first-order valence-corrected chi connectivity index (χ1v) is 10.8. The average molecular weight is 491 g/mol. The van der Waals surface area contributed by atoms with E-state index in [0.29, 0.717) is 38.9 Å². The van der Waals surface area contributed by atoms with Crippen LogP contribution in [0.1, 0.15) is 27.4 Å². The van der Waals surface area contributed by atoms with E-state index < -0.39 is 5.91 Å². The van der Waals surface area contributed by atoms with Crippen LogP contribution in [0.2, 0.25) is 15.1 Å². The minimum atomic E-state index is -0.404. The molecule has 0 fully saturated rings. The lowest BCUT2D eigenvalue weighted by molar-refractivity contribution is 0.0992. The van der Waals surface area contributed by atoms with E-state index in [9.17, 15) is 4.79 Å². The largest absolute Gasteiger partial charge is 0.485 e. The van der Waals surface area contributed by atoms with Crippen molar-refractivity contribution in [3.63, 3.8) is 0 Å². The van der Waals surface area contributed by atoms with Gasteiger partial charge in [0, 0.05) is 17.3 Å². The third-order valence-electron chi connectivity index (χ3n) is 4.60. The number of nitrogens with one attached hydrogen (secondary N) is 1. The molecule has 0 bridgehead atoms. The van der Waals surface area contributed by atoms with Crippen LogP contribution in [0, 0.1) is 6.92 Å². The highest BCUT2D eigenvalue weighted by molar-refractivity contribution is 6.42. The van der Waals surface area contributed by atoms with E-state index in [0.717, 1.165) is 11.1 Å². The van der Waals surface area contributed by atoms with Crippen LogP contribution in [0.3, 0.4) is 0 Å². The highest BCUT2D eigenvalue weighted by atomic mass is 35.5. The fraction of sp³-hybridized carbons (Fsp3) is 0.130. The molecular weight excluding hydrogens is 473 g/mol. The number of ether oxygens (including phenoxy) is 1. The Morgan fingerprint density at radius 3 is 2.69 bits per heavy atom. The molecule has 4 rings (SSSR count). The number of furan rings is 1. The van der Waals surface area contributed by atoms with Gasteiger partial charge in [-0.05, 0) is 60.5 Å². The maximum Gasteiger partial charge on any atom is 0.292 e. The van der Waals surface area contributed by atoms with Crippen molar-refractivity contribution in [2.75, 3.05) is 5.32 Å². The Bertz CT molecular complexity index is 1270. The number of halogens is 3. The van der Waals surface area contributed by atoms with Crippen molar-refractivity contribution >= 4 is 46.5 Å². The molecule has 0 aliphatic carbocycles. The Hall–Kier alpha value is -2.93. The minimum Gasteiger partial charge on any atom is -0.485 e. The van der Waals surface area contributed by atoms with Crippen LogP contribution in [-0.2, 0) is 13.2 Å². The summed E-state index contributed by atoms with van der Waals surface area (Å²) >= 11 is 18.0. The standard InChI is InChI=1S/C23H18Cl3N3O3/c1-14-10-16(24)3-6-20(14)31-13-17-4-7-21(32-17)23(30)27-22-8-9-29(28-22)12-15-2-5-18(25)19(26)11-15/h2-11H,12-13H2,1H3,(H,27,28,30). The van der Waals surface area contributed by atoms with Crippen molar-refractivity contribution in [3.05, 3.63) is 98.5 Å². The highest BCUT2D eigenvalue weighted by Gasteiger charge is 2.14. The van der Waals surface area contributed by atoms with Gasteiger partial charge in [-0.1, -0.05) is 40.9 Å². The summed E-state index contributed by atoms with van der Waals surface area (Å²) in [4.78, 5) is 12.5. The monoisotopic (exact) mass is 489 g/mol. The lowest BCUT2D eigenvalue weighted by atomic mass is 10.2. The summed E-state index contributed by atoms with van der Waals surface area (Å²) in [6.45, 7) is 2.58. The fourth-order valence-corrected chi connectivity index (χ4v) is 3.57. The van der Waals surface area contributed by atoms with Crippen molar-refractivity contribution in [1.29, 1.82) is 0 Å². The summed E-state index contributed by atoms with van der Waals surface area (Å²) in [5.41, 5.74) is 1.85. The molecule has 164 valence electrons. The number of hydrogen-bond donors (Lipinski definition) is 1. The Morgan fingerprint density at radius 1 is 1.06 bits per heavy atom. The van der Waals surface area contributed by atoms with Crippen LogP contribution in [0.5, 0.6) is 5.75 Å². The van der Waals surface area contributed by atoms with Crippen LogP contribution >= 0.6 is 34.8 Å².